The summed E-state index contributed by atoms with van der Waals surface area (Å²) in [7, 11) is -2.41. The molecule has 2 rings (SSSR count). The SMILES string of the molecule is CCCNC(=O)[C@H](C)N(Cc1ccccc1F)C(=O)CN(c1cccc(OC)c1)S(C)(=O)=O. The molecule has 0 heterocycles. The van der Waals surface area contributed by atoms with E-state index in [1.54, 1.807) is 18.2 Å². The van der Waals surface area contributed by atoms with Crippen LogP contribution in [0.25, 0.3) is 0 Å². The van der Waals surface area contributed by atoms with Crippen LogP contribution >= 0.6 is 0 Å². The molecular formula is C23H30FN3O5S. The van der Waals surface area contributed by atoms with Crippen molar-refractivity contribution in [1.82, 2.24) is 10.2 Å². The van der Waals surface area contributed by atoms with Crippen molar-refractivity contribution in [2.75, 3.05) is 30.8 Å². The van der Waals surface area contributed by atoms with E-state index in [9.17, 15) is 22.4 Å². The molecule has 0 aliphatic carbocycles. The Labute approximate surface area is 194 Å². The van der Waals surface area contributed by atoms with Gasteiger partial charge in [0.2, 0.25) is 21.8 Å². The van der Waals surface area contributed by atoms with E-state index in [-0.39, 0.29) is 17.8 Å². The van der Waals surface area contributed by atoms with Crippen molar-refractivity contribution in [1.29, 1.82) is 0 Å². The molecule has 0 aliphatic heterocycles. The molecule has 0 aliphatic rings. The highest BCUT2D eigenvalue weighted by molar-refractivity contribution is 7.92. The zero-order chi connectivity index (χ0) is 24.6. The number of methoxy groups -OCH3 is 1. The molecule has 180 valence electrons. The topological polar surface area (TPSA) is 96.0 Å². The fraction of sp³-hybridized carbons (Fsp3) is 0.391. The van der Waals surface area contributed by atoms with Crippen LogP contribution in [0, 0.1) is 5.82 Å². The number of hydrogen-bond donors (Lipinski definition) is 1. The normalized spacial score (nSPS) is 12.0. The summed E-state index contributed by atoms with van der Waals surface area (Å²) in [4.78, 5) is 27.1. The number of nitrogens with one attached hydrogen (secondary N) is 1. The van der Waals surface area contributed by atoms with E-state index in [1.807, 2.05) is 6.92 Å². The average Bonchev–Trinajstić information content (AvgIpc) is 2.79. The van der Waals surface area contributed by atoms with Crippen LogP contribution in [0.2, 0.25) is 0 Å². The van der Waals surface area contributed by atoms with E-state index in [4.69, 9.17) is 4.74 Å². The fourth-order valence-electron chi connectivity index (χ4n) is 3.17. The van der Waals surface area contributed by atoms with Gasteiger partial charge in [0.05, 0.1) is 19.1 Å². The number of benzene rings is 2. The van der Waals surface area contributed by atoms with E-state index in [0.29, 0.717) is 18.7 Å². The molecule has 1 atom stereocenters. The Balaban J connectivity index is 2.39. The number of carbonyl (C=O) groups is 2. The van der Waals surface area contributed by atoms with E-state index in [1.165, 1.54) is 49.3 Å². The predicted molar refractivity (Wildman–Crippen MR) is 125 cm³/mol. The molecule has 0 saturated carbocycles. The molecule has 2 amide bonds. The van der Waals surface area contributed by atoms with Crippen molar-refractivity contribution in [3.05, 3.63) is 59.9 Å². The van der Waals surface area contributed by atoms with Gasteiger partial charge in [-0.15, -0.1) is 0 Å². The summed E-state index contributed by atoms with van der Waals surface area (Å²) in [6.45, 7) is 3.09. The van der Waals surface area contributed by atoms with Gasteiger partial charge in [-0.25, -0.2) is 12.8 Å². The first-order chi connectivity index (χ1) is 15.6. The van der Waals surface area contributed by atoms with Crippen LogP contribution in [0.15, 0.2) is 48.5 Å². The number of amides is 2. The molecule has 33 heavy (non-hydrogen) atoms. The molecule has 0 fully saturated rings. The predicted octanol–water partition coefficient (Wildman–Crippen LogP) is 2.54. The lowest BCUT2D eigenvalue weighted by Crippen LogP contribution is -2.51. The molecule has 0 unspecified atom stereocenters. The highest BCUT2D eigenvalue weighted by Crippen LogP contribution is 2.24. The molecule has 1 N–H and O–H groups in total. The van der Waals surface area contributed by atoms with Crippen LogP contribution in [0.5, 0.6) is 5.75 Å². The Morgan fingerprint density at radius 3 is 2.45 bits per heavy atom. The second-order valence-electron chi connectivity index (χ2n) is 7.55. The van der Waals surface area contributed by atoms with Gasteiger partial charge in [-0.05, 0) is 31.5 Å². The van der Waals surface area contributed by atoms with Crippen LogP contribution in [-0.2, 0) is 26.2 Å². The number of nitrogens with zero attached hydrogens (tertiary/aromatic N) is 2. The van der Waals surface area contributed by atoms with Crippen LogP contribution < -0.4 is 14.4 Å². The van der Waals surface area contributed by atoms with Crippen molar-refractivity contribution in [3.8, 4) is 5.75 Å². The van der Waals surface area contributed by atoms with E-state index >= 15 is 0 Å². The van der Waals surface area contributed by atoms with Crippen molar-refractivity contribution in [3.63, 3.8) is 0 Å². The first-order valence-corrected chi connectivity index (χ1v) is 12.4. The largest absolute Gasteiger partial charge is 0.497 e. The number of ether oxygens (including phenoxy) is 1. The number of carbonyl (C=O) groups excluding carboxylic acids is 2. The lowest BCUT2D eigenvalue weighted by molar-refractivity contribution is -0.139. The van der Waals surface area contributed by atoms with Crippen LogP contribution in [0.1, 0.15) is 25.8 Å². The van der Waals surface area contributed by atoms with Gasteiger partial charge in [0, 0.05) is 24.7 Å². The zero-order valence-corrected chi connectivity index (χ0v) is 20.1. The third kappa shape index (κ3) is 7.18. The van der Waals surface area contributed by atoms with Gasteiger partial charge in [-0.3, -0.25) is 13.9 Å². The highest BCUT2D eigenvalue weighted by atomic mass is 32.2. The Morgan fingerprint density at radius 2 is 1.85 bits per heavy atom. The fourth-order valence-corrected chi connectivity index (χ4v) is 4.01. The first kappa shape index (κ1) is 26.1. The summed E-state index contributed by atoms with van der Waals surface area (Å²) in [5.74, 6) is -1.16. The maximum atomic E-state index is 14.3. The lowest BCUT2D eigenvalue weighted by Gasteiger charge is -2.31. The molecule has 8 nitrogen and oxygen atoms in total. The lowest BCUT2D eigenvalue weighted by atomic mass is 10.1. The second-order valence-corrected chi connectivity index (χ2v) is 9.46. The molecule has 10 heteroatoms. The highest BCUT2D eigenvalue weighted by Gasteiger charge is 2.30. The Morgan fingerprint density at radius 1 is 1.15 bits per heavy atom. The summed E-state index contributed by atoms with van der Waals surface area (Å²) in [5, 5.41) is 2.72. The summed E-state index contributed by atoms with van der Waals surface area (Å²) in [6, 6.07) is 11.3. The van der Waals surface area contributed by atoms with Crippen molar-refractivity contribution < 1.29 is 27.1 Å². The van der Waals surface area contributed by atoms with E-state index < -0.39 is 40.2 Å². The third-order valence-electron chi connectivity index (χ3n) is 5.04. The van der Waals surface area contributed by atoms with Gasteiger partial charge in [0.1, 0.15) is 24.2 Å². The van der Waals surface area contributed by atoms with Crippen LogP contribution in [-0.4, -0.2) is 57.6 Å². The molecule has 2 aromatic carbocycles. The molecule has 0 bridgehead atoms. The minimum absolute atomic E-state index is 0.193. The van der Waals surface area contributed by atoms with E-state index in [0.717, 1.165) is 10.6 Å². The Kier molecular flexibility index (Phi) is 9.22. The molecule has 2 aromatic rings. The molecule has 0 radical (unpaired) electrons. The second kappa shape index (κ2) is 11.6. The van der Waals surface area contributed by atoms with Crippen LogP contribution in [0.3, 0.4) is 0 Å². The van der Waals surface area contributed by atoms with E-state index in [2.05, 4.69) is 5.32 Å². The van der Waals surface area contributed by atoms with Crippen molar-refractivity contribution in [2.24, 2.45) is 0 Å². The molecule has 0 spiro atoms. The number of sulfonamides is 1. The smallest absolute Gasteiger partial charge is 0.244 e. The number of halogens is 1. The molecular weight excluding hydrogens is 449 g/mol. The monoisotopic (exact) mass is 479 g/mol. The van der Waals surface area contributed by atoms with Gasteiger partial charge in [-0.1, -0.05) is 31.2 Å². The number of hydrogen-bond acceptors (Lipinski definition) is 5. The van der Waals surface area contributed by atoms with Crippen molar-refractivity contribution in [2.45, 2.75) is 32.9 Å². The molecule has 0 saturated heterocycles. The minimum Gasteiger partial charge on any atom is -0.497 e. The number of anilines is 1. The third-order valence-corrected chi connectivity index (χ3v) is 6.18. The summed E-state index contributed by atoms with van der Waals surface area (Å²) >= 11 is 0. The quantitative estimate of drug-likeness (QED) is 0.534. The average molecular weight is 480 g/mol. The van der Waals surface area contributed by atoms with Gasteiger partial charge in [-0.2, -0.15) is 0 Å². The van der Waals surface area contributed by atoms with Crippen molar-refractivity contribution >= 4 is 27.5 Å². The maximum Gasteiger partial charge on any atom is 0.244 e. The Bertz CT molecular complexity index is 1080. The summed E-state index contributed by atoms with van der Waals surface area (Å²) in [6.07, 6.45) is 1.69. The zero-order valence-electron chi connectivity index (χ0n) is 19.2. The van der Waals surface area contributed by atoms with Gasteiger partial charge >= 0.3 is 0 Å². The number of rotatable bonds is 11. The summed E-state index contributed by atoms with van der Waals surface area (Å²) in [5.41, 5.74) is 0.451. The van der Waals surface area contributed by atoms with Gasteiger partial charge in [0.15, 0.2) is 0 Å². The van der Waals surface area contributed by atoms with Gasteiger partial charge in [0.25, 0.3) is 0 Å². The molecule has 0 aromatic heterocycles. The minimum atomic E-state index is -3.86. The van der Waals surface area contributed by atoms with Gasteiger partial charge < -0.3 is 15.0 Å². The summed E-state index contributed by atoms with van der Waals surface area (Å²) < 4.78 is 45.5. The maximum absolute atomic E-state index is 14.3. The van der Waals surface area contributed by atoms with Crippen LogP contribution in [0.4, 0.5) is 10.1 Å². The standard InChI is InChI=1S/C23H30FN3O5S/c1-5-13-25-23(29)17(2)26(15-18-9-6-7-12-21(18)24)22(28)16-27(33(4,30)31)19-10-8-11-20(14-19)32-3/h6-12,14,17H,5,13,15-16H2,1-4H3,(H,25,29)/t17-/m0/s1. The Hall–Kier alpha value is -3.14. The first-order valence-electron chi connectivity index (χ1n) is 10.5.